The van der Waals surface area contributed by atoms with Crippen molar-refractivity contribution in [2.45, 2.75) is 25.9 Å². The first-order valence-corrected chi connectivity index (χ1v) is 5.78. The number of nitrogens with one attached hydrogen (secondary N) is 1. The number of methoxy groups -OCH3 is 1. The van der Waals surface area contributed by atoms with Gasteiger partial charge in [-0.15, -0.1) is 0 Å². The van der Waals surface area contributed by atoms with Crippen LogP contribution in [-0.4, -0.2) is 25.3 Å². The van der Waals surface area contributed by atoms with Gasteiger partial charge in [-0.25, -0.2) is 4.39 Å². The fourth-order valence-electron chi connectivity index (χ4n) is 1.61. The van der Waals surface area contributed by atoms with Crippen molar-refractivity contribution in [3.05, 3.63) is 29.6 Å². The zero-order chi connectivity index (χ0) is 12.9. The van der Waals surface area contributed by atoms with Gasteiger partial charge in [-0.3, -0.25) is 0 Å². The van der Waals surface area contributed by atoms with Crippen molar-refractivity contribution in [2.24, 2.45) is 0 Å². The van der Waals surface area contributed by atoms with E-state index in [0.717, 1.165) is 13.0 Å². The van der Waals surface area contributed by atoms with E-state index in [1.54, 1.807) is 13.0 Å². The second-order valence-electron chi connectivity index (χ2n) is 4.30. The third-order valence-electron chi connectivity index (χ3n) is 2.67. The van der Waals surface area contributed by atoms with E-state index in [1.807, 2.05) is 0 Å². The van der Waals surface area contributed by atoms with Crippen LogP contribution >= 0.6 is 0 Å². The first-order valence-electron chi connectivity index (χ1n) is 5.78. The molecule has 0 bridgehead atoms. The molecule has 0 saturated carbocycles. The van der Waals surface area contributed by atoms with E-state index >= 15 is 0 Å². The van der Waals surface area contributed by atoms with Gasteiger partial charge in [0.1, 0.15) is 0 Å². The average molecular weight is 241 g/mol. The maximum Gasteiger partial charge on any atom is 0.165 e. The predicted molar refractivity (Wildman–Crippen MR) is 65.7 cm³/mol. The molecule has 0 fully saturated rings. The van der Waals surface area contributed by atoms with Crippen LogP contribution in [0.1, 0.15) is 25.8 Å². The van der Waals surface area contributed by atoms with E-state index in [-0.39, 0.29) is 5.75 Å². The third-order valence-corrected chi connectivity index (χ3v) is 2.67. The molecule has 3 nitrogen and oxygen atoms in total. The normalized spacial score (nSPS) is 14.4. The summed E-state index contributed by atoms with van der Waals surface area (Å²) in [5.74, 6) is -0.271. The van der Waals surface area contributed by atoms with Gasteiger partial charge in [-0.05, 0) is 37.6 Å². The van der Waals surface area contributed by atoms with Crippen molar-refractivity contribution in [1.29, 1.82) is 0 Å². The largest absolute Gasteiger partial charge is 0.494 e. The number of hydrogen-bond donors (Lipinski definition) is 2. The van der Waals surface area contributed by atoms with Crippen LogP contribution in [0.2, 0.25) is 0 Å². The van der Waals surface area contributed by atoms with E-state index < -0.39 is 11.4 Å². The van der Waals surface area contributed by atoms with Crippen LogP contribution in [-0.2, 0) is 5.60 Å². The number of hydrogen-bond acceptors (Lipinski definition) is 3. The van der Waals surface area contributed by atoms with Crippen LogP contribution in [0.15, 0.2) is 18.2 Å². The maximum absolute atomic E-state index is 13.5. The Kier molecular flexibility index (Phi) is 4.90. The smallest absolute Gasteiger partial charge is 0.165 e. The molecular weight excluding hydrogens is 221 g/mol. The summed E-state index contributed by atoms with van der Waals surface area (Å²) >= 11 is 0. The van der Waals surface area contributed by atoms with Crippen molar-refractivity contribution >= 4 is 0 Å². The lowest BCUT2D eigenvalue weighted by Gasteiger charge is -2.24. The molecule has 0 aliphatic rings. The number of ether oxygens (including phenoxy) is 1. The molecule has 4 heteroatoms. The van der Waals surface area contributed by atoms with Crippen molar-refractivity contribution < 1.29 is 14.2 Å². The molecule has 0 saturated heterocycles. The van der Waals surface area contributed by atoms with Crippen LogP contribution in [0, 0.1) is 5.82 Å². The zero-order valence-electron chi connectivity index (χ0n) is 10.6. The molecule has 0 aromatic heterocycles. The number of rotatable bonds is 6. The summed E-state index contributed by atoms with van der Waals surface area (Å²) in [5.41, 5.74) is -0.540. The Morgan fingerprint density at radius 1 is 1.47 bits per heavy atom. The van der Waals surface area contributed by atoms with E-state index in [1.165, 1.54) is 19.2 Å². The molecule has 1 unspecified atom stereocenters. The fourth-order valence-corrected chi connectivity index (χ4v) is 1.61. The van der Waals surface area contributed by atoms with Gasteiger partial charge >= 0.3 is 0 Å². The van der Waals surface area contributed by atoms with Crippen molar-refractivity contribution in [2.75, 3.05) is 20.2 Å². The molecule has 0 aliphatic heterocycles. The fraction of sp³-hybridized carbons (Fsp3) is 0.538. The Morgan fingerprint density at radius 2 is 2.18 bits per heavy atom. The Labute approximate surface area is 102 Å². The molecule has 96 valence electrons. The Hall–Kier alpha value is -1.13. The monoisotopic (exact) mass is 241 g/mol. The van der Waals surface area contributed by atoms with Gasteiger partial charge in [-0.2, -0.15) is 0 Å². The molecule has 0 aliphatic carbocycles. The highest BCUT2D eigenvalue weighted by Crippen LogP contribution is 2.25. The quantitative estimate of drug-likeness (QED) is 0.749. The topological polar surface area (TPSA) is 41.5 Å². The van der Waals surface area contributed by atoms with Gasteiger partial charge in [0.05, 0.1) is 12.7 Å². The lowest BCUT2D eigenvalue weighted by atomic mass is 9.95. The summed E-state index contributed by atoms with van der Waals surface area (Å²) in [7, 11) is 1.42. The summed E-state index contributed by atoms with van der Waals surface area (Å²) < 4.78 is 18.4. The number of aliphatic hydroxyl groups is 1. The highest BCUT2D eigenvalue weighted by atomic mass is 19.1. The Balaban J connectivity index is 2.80. The van der Waals surface area contributed by atoms with Crippen LogP contribution in [0.25, 0.3) is 0 Å². The van der Waals surface area contributed by atoms with Crippen molar-refractivity contribution in [1.82, 2.24) is 5.32 Å². The zero-order valence-corrected chi connectivity index (χ0v) is 10.6. The first kappa shape index (κ1) is 13.9. The minimum absolute atomic E-state index is 0.186. The van der Waals surface area contributed by atoms with Crippen LogP contribution in [0.5, 0.6) is 5.75 Å². The number of benzene rings is 1. The molecule has 0 spiro atoms. The van der Waals surface area contributed by atoms with Gasteiger partial charge in [0.15, 0.2) is 11.6 Å². The predicted octanol–water partition coefficient (Wildman–Crippen LogP) is 2.04. The van der Waals surface area contributed by atoms with Crippen LogP contribution in [0.4, 0.5) is 4.39 Å². The van der Waals surface area contributed by atoms with Gasteiger partial charge in [-0.1, -0.05) is 13.0 Å². The van der Waals surface area contributed by atoms with Gasteiger partial charge in [0.2, 0.25) is 0 Å². The maximum atomic E-state index is 13.5. The van der Waals surface area contributed by atoms with Crippen molar-refractivity contribution in [3.63, 3.8) is 0 Å². The highest BCUT2D eigenvalue weighted by molar-refractivity contribution is 5.32. The summed E-state index contributed by atoms with van der Waals surface area (Å²) in [6, 6.07) is 4.51. The first-order chi connectivity index (χ1) is 8.01. The standard InChI is InChI=1S/C13H20FNO2/c1-4-7-15-9-13(2,16)10-5-6-12(17-3)11(14)8-10/h5-6,8,15-16H,4,7,9H2,1-3H3. The third kappa shape index (κ3) is 3.68. The molecule has 1 rings (SSSR count). The lowest BCUT2D eigenvalue weighted by Crippen LogP contribution is -2.35. The summed E-state index contributed by atoms with van der Waals surface area (Å²) in [4.78, 5) is 0. The van der Waals surface area contributed by atoms with Crippen LogP contribution < -0.4 is 10.1 Å². The van der Waals surface area contributed by atoms with E-state index in [0.29, 0.717) is 12.1 Å². The molecule has 0 heterocycles. The molecular formula is C13H20FNO2. The van der Waals surface area contributed by atoms with E-state index in [2.05, 4.69) is 12.2 Å². The molecule has 1 aromatic rings. The molecule has 0 amide bonds. The average Bonchev–Trinajstić information content (AvgIpc) is 2.29. The second kappa shape index (κ2) is 5.98. The van der Waals surface area contributed by atoms with Crippen molar-refractivity contribution in [3.8, 4) is 5.75 Å². The number of halogens is 1. The van der Waals surface area contributed by atoms with E-state index in [9.17, 15) is 9.50 Å². The Morgan fingerprint density at radius 3 is 2.71 bits per heavy atom. The molecule has 0 radical (unpaired) electrons. The Bertz CT molecular complexity index is 366. The van der Waals surface area contributed by atoms with Gasteiger partial charge < -0.3 is 15.2 Å². The molecule has 17 heavy (non-hydrogen) atoms. The molecule has 1 aromatic carbocycles. The SMILES string of the molecule is CCCNCC(C)(O)c1ccc(OC)c(F)c1. The minimum atomic E-state index is -1.08. The molecule has 2 N–H and O–H groups in total. The van der Waals surface area contributed by atoms with Gasteiger partial charge in [0, 0.05) is 6.54 Å². The van der Waals surface area contributed by atoms with Gasteiger partial charge in [0.25, 0.3) is 0 Å². The second-order valence-corrected chi connectivity index (χ2v) is 4.30. The summed E-state index contributed by atoms with van der Waals surface area (Å²) in [6.07, 6.45) is 0.993. The van der Waals surface area contributed by atoms with Crippen LogP contribution in [0.3, 0.4) is 0 Å². The van der Waals surface area contributed by atoms with E-state index in [4.69, 9.17) is 4.74 Å². The lowest BCUT2D eigenvalue weighted by molar-refractivity contribution is 0.0568. The summed E-state index contributed by atoms with van der Waals surface area (Å²) in [6.45, 7) is 4.94. The highest BCUT2D eigenvalue weighted by Gasteiger charge is 2.23. The summed E-state index contributed by atoms with van der Waals surface area (Å²) in [5, 5.41) is 13.3. The molecule has 1 atom stereocenters. The minimum Gasteiger partial charge on any atom is -0.494 e.